The monoisotopic (exact) mass is 409 g/mol. The lowest BCUT2D eigenvalue weighted by atomic mass is 9.60. The SMILES string of the molecule is CN1CC2C(CCC(c3ccc(Cl)cc3Cl)C2C2C=CC(Cl)=CC2)C1=O. The molecular weight excluding hydrogens is 389 g/mol. The molecule has 1 saturated heterocycles. The first-order valence-electron chi connectivity index (χ1n) is 9.19. The van der Waals surface area contributed by atoms with Crippen LogP contribution in [0, 0.1) is 23.7 Å². The molecule has 0 aromatic heterocycles. The van der Waals surface area contributed by atoms with Gasteiger partial charge in [0.05, 0.1) is 0 Å². The number of benzene rings is 1. The highest BCUT2D eigenvalue weighted by atomic mass is 35.5. The molecule has 3 aliphatic rings. The number of rotatable bonds is 2. The normalized spacial score (nSPS) is 34.0. The molecule has 1 amide bonds. The third kappa shape index (κ3) is 3.21. The first kappa shape index (κ1) is 18.4. The minimum absolute atomic E-state index is 0.141. The minimum atomic E-state index is 0.141. The molecule has 1 aromatic carbocycles. The topological polar surface area (TPSA) is 20.3 Å². The fourth-order valence-corrected chi connectivity index (χ4v) is 5.96. The molecule has 4 rings (SSSR count). The van der Waals surface area contributed by atoms with Gasteiger partial charge in [-0.15, -0.1) is 0 Å². The van der Waals surface area contributed by atoms with Gasteiger partial charge in [-0.25, -0.2) is 0 Å². The summed E-state index contributed by atoms with van der Waals surface area (Å²) in [6.07, 6.45) is 9.16. The molecule has 1 heterocycles. The van der Waals surface area contributed by atoms with Gasteiger partial charge >= 0.3 is 0 Å². The Hall–Kier alpha value is -0.960. The first-order valence-corrected chi connectivity index (χ1v) is 10.3. The number of allylic oxidation sites excluding steroid dienone is 4. The van der Waals surface area contributed by atoms with E-state index in [-0.39, 0.29) is 5.92 Å². The molecule has 2 nitrogen and oxygen atoms in total. The summed E-state index contributed by atoms with van der Waals surface area (Å²) < 4.78 is 0. The lowest BCUT2D eigenvalue weighted by Gasteiger charge is -2.43. The van der Waals surface area contributed by atoms with E-state index < -0.39 is 0 Å². The molecule has 5 unspecified atom stereocenters. The van der Waals surface area contributed by atoms with E-state index >= 15 is 0 Å². The number of carbonyl (C=O) groups is 1. The summed E-state index contributed by atoms with van der Waals surface area (Å²) in [6, 6.07) is 5.82. The zero-order valence-corrected chi connectivity index (χ0v) is 16.9. The van der Waals surface area contributed by atoms with Crippen LogP contribution >= 0.6 is 34.8 Å². The molecule has 26 heavy (non-hydrogen) atoms. The lowest BCUT2D eigenvalue weighted by Crippen LogP contribution is -2.38. The van der Waals surface area contributed by atoms with Crippen molar-refractivity contribution < 1.29 is 4.79 Å². The minimum Gasteiger partial charge on any atom is -0.345 e. The van der Waals surface area contributed by atoms with Crippen LogP contribution in [0.3, 0.4) is 0 Å². The molecule has 2 aliphatic carbocycles. The summed E-state index contributed by atoms with van der Waals surface area (Å²) in [7, 11) is 1.93. The zero-order valence-electron chi connectivity index (χ0n) is 14.7. The fraction of sp³-hybridized carbons (Fsp3) is 0.476. The lowest BCUT2D eigenvalue weighted by molar-refractivity contribution is -0.131. The van der Waals surface area contributed by atoms with Crippen LogP contribution in [0.25, 0.3) is 0 Å². The highest BCUT2D eigenvalue weighted by Crippen LogP contribution is 2.53. The number of carbonyl (C=O) groups excluding carboxylic acids is 1. The predicted molar refractivity (Wildman–Crippen MR) is 108 cm³/mol. The van der Waals surface area contributed by atoms with Crippen molar-refractivity contribution in [3.8, 4) is 0 Å². The quantitative estimate of drug-likeness (QED) is 0.595. The van der Waals surface area contributed by atoms with Crippen LogP contribution in [0.4, 0.5) is 0 Å². The van der Waals surface area contributed by atoms with Crippen molar-refractivity contribution in [2.24, 2.45) is 23.7 Å². The number of likely N-dealkylation sites (tertiary alicyclic amines) is 1. The van der Waals surface area contributed by atoms with Gasteiger partial charge in [-0.1, -0.05) is 53.0 Å². The van der Waals surface area contributed by atoms with Crippen LogP contribution in [-0.2, 0) is 4.79 Å². The molecular formula is C21H22Cl3NO. The van der Waals surface area contributed by atoms with Crippen LogP contribution in [0.5, 0.6) is 0 Å². The Morgan fingerprint density at radius 1 is 1.12 bits per heavy atom. The maximum absolute atomic E-state index is 12.6. The summed E-state index contributed by atoms with van der Waals surface area (Å²) in [5, 5.41) is 2.19. The largest absolute Gasteiger partial charge is 0.345 e. The third-order valence-corrected chi connectivity index (χ3v) is 7.23. The van der Waals surface area contributed by atoms with Gasteiger partial charge in [0, 0.05) is 34.6 Å². The molecule has 0 bridgehead atoms. The highest BCUT2D eigenvalue weighted by Gasteiger charge is 2.50. The molecule has 5 heteroatoms. The van der Waals surface area contributed by atoms with Crippen molar-refractivity contribution in [3.63, 3.8) is 0 Å². The highest BCUT2D eigenvalue weighted by molar-refractivity contribution is 6.35. The Morgan fingerprint density at radius 2 is 1.88 bits per heavy atom. The number of hydrogen-bond donors (Lipinski definition) is 0. The van der Waals surface area contributed by atoms with E-state index in [9.17, 15) is 4.79 Å². The van der Waals surface area contributed by atoms with E-state index in [2.05, 4.69) is 18.2 Å². The van der Waals surface area contributed by atoms with E-state index in [0.29, 0.717) is 34.6 Å². The maximum atomic E-state index is 12.6. The van der Waals surface area contributed by atoms with Gasteiger partial charge in [-0.2, -0.15) is 0 Å². The maximum Gasteiger partial charge on any atom is 0.225 e. The second kappa shape index (κ2) is 7.22. The van der Waals surface area contributed by atoms with Gasteiger partial charge in [0.25, 0.3) is 0 Å². The van der Waals surface area contributed by atoms with E-state index in [1.54, 1.807) is 0 Å². The number of amides is 1. The van der Waals surface area contributed by atoms with Crippen LogP contribution in [0.1, 0.15) is 30.7 Å². The second-order valence-electron chi connectivity index (χ2n) is 7.76. The Bertz CT molecular complexity index is 787. The van der Waals surface area contributed by atoms with Crippen LogP contribution in [0.15, 0.2) is 41.5 Å². The van der Waals surface area contributed by atoms with E-state index in [4.69, 9.17) is 34.8 Å². The molecule has 0 spiro atoms. The van der Waals surface area contributed by atoms with Crippen molar-refractivity contribution in [1.29, 1.82) is 0 Å². The molecule has 2 fully saturated rings. The van der Waals surface area contributed by atoms with Crippen LogP contribution in [-0.4, -0.2) is 24.4 Å². The summed E-state index contributed by atoms with van der Waals surface area (Å²) in [5.74, 6) is 1.88. The Balaban J connectivity index is 1.73. The van der Waals surface area contributed by atoms with Gasteiger partial charge < -0.3 is 4.90 Å². The summed E-state index contributed by atoms with van der Waals surface area (Å²) >= 11 is 18.8. The van der Waals surface area contributed by atoms with Crippen molar-refractivity contribution in [1.82, 2.24) is 4.90 Å². The Labute approximate surface area is 169 Å². The third-order valence-electron chi connectivity index (χ3n) is 6.39. The molecule has 138 valence electrons. The number of halogens is 3. The van der Waals surface area contributed by atoms with Crippen molar-refractivity contribution >= 4 is 40.7 Å². The van der Waals surface area contributed by atoms with Gasteiger partial charge in [-0.3, -0.25) is 4.79 Å². The average molecular weight is 411 g/mol. The molecule has 1 saturated carbocycles. The van der Waals surface area contributed by atoms with Crippen molar-refractivity contribution in [2.75, 3.05) is 13.6 Å². The van der Waals surface area contributed by atoms with Gasteiger partial charge in [-0.05, 0) is 66.7 Å². The van der Waals surface area contributed by atoms with E-state index in [1.165, 1.54) is 0 Å². The molecule has 0 radical (unpaired) electrons. The van der Waals surface area contributed by atoms with E-state index in [0.717, 1.165) is 41.4 Å². The molecule has 1 aliphatic heterocycles. The standard InChI is InChI=1S/C21H22Cl3NO/c1-25-11-18-17(21(25)26)9-8-16(15-7-6-14(23)10-19(15)24)20(18)12-2-4-13(22)5-3-12/h2,4-7,10,12,16-18,20H,3,8-9,11H2,1H3. The predicted octanol–water partition coefficient (Wildman–Crippen LogP) is 5.89. The van der Waals surface area contributed by atoms with Gasteiger partial charge in [0.1, 0.15) is 0 Å². The summed E-state index contributed by atoms with van der Waals surface area (Å²) in [5.41, 5.74) is 1.16. The number of hydrogen-bond acceptors (Lipinski definition) is 1. The number of nitrogens with zero attached hydrogens (tertiary/aromatic N) is 1. The van der Waals surface area contributed by atoms with Gasteiger partial charge in [0.2, 0.25) is 5.91 Å². The zero-order chi connectivity index (χ0) is 18.4. The average Bonchev–Trinajstić information content (AvgIpc) is 2.90. The summed E-state index contributed by atoms with van der Waals surface area (Å²) in [4.78, 5) is 14.5. The Kier molecular flexibility index (Phi) is 5.11. The van der Waals surface area contributed by atoms with Crippen molar-refractivity contribution in [2.45, 2.75) is 25.2 Å². The molecule has 1 aromatic rings. The van der Waals surface area contributed by atoms with Gasteiger partial charge in [0.15, 0.2) is 0 Å². The molecule has 5 atom stereocenters. The molecule has 0 N–H and O–H groups in total. The first-order chi connectivity index (χ1) is 12.5. The second-order valence-corrected chi connectivity index (χ2v) is 9.04. The smallest absolute Gasteiger partial charge is 0.225 e. The fourth-order valence-electron chi connectivity index (χ4n) is 5.25. The number of fused-ring (bicyclic) bond motifs is 1. The Morgan fingerprint density at radius 3 is 2.58 bits per heavy atom. The summed E-state index contributed by atoms with van der Waals surface area (Å²) in [6.45, 7) is 0.831. The van der Waals surface area contributed by atoms with E-state index in [1.807, 2.05) is 30.2 Å². The van der Waals surface area contributed by atoms with Crippen LogP contribution < -0.4 is 0 Å². The van der Waals surface area contributed by atoms with Crippen LogP contribution in [0.2, 0.25) is 10.0 Å². The van der Waals surface area contributed by atoms with Crippen molar-refractivity contribution in [3.05, 3.63) is 57.1 Å².